The molecule has 1 heterocycles. The second kappa shape index (κ2) is 10.2. The number of carbonyl (C=O) groups excluding carboxylic acids is 1. The van der Waals surface area contributed by atoms with Crippen molar-refractivity contribution in [2.75, 3.05) is 29.2 Å². The Morgan fingerprint density at radius 3 is 2.52 bits per heavy atom. The van der Waals surface area contributed by atoms with Crippen molar-refractivity contribution in [1.82, 2.24) is 0 Å². The highest BCUT2D eigenvalue weighted by atomic mass is 32.2. The van der Waals surface area contributed by atoms with Crippen LogP contribution in [0.1, 0.15) is 12.8 Å². The van der Waals surface area contributed by atoms with Gasteiger partial charge in [0.05, 0.1) is 17.6 Å². The average molecular weight is 485 g/mol. The van der Waals surface area contributed by atoms with E-state index in [1.54, 1.807) is 30.0 Å². The molecule has 1 aliphatic rings. The highest BCUT2D eigenvalue weighted by molar-refractivity contribution is 7.99. The average Bonchev–Trinajstić information content (AvgIpc) is 3.26. The standard InChI is InChI=1S/C24H24N2O5S2/c1-33(28,29)26(18-13-14-21-22(16-18)31-17-30-21)15-7-12-24(27)25-20-10-5-6-11-23(20)32-19-8-3-2-4-9-19/h2-6,8-11,13-14,16H,7,12,15,17H2,1H3,(H,25,27). The van der Waals surface area contributed by atoms with E-state index in [0.717, 1.165) is 21.7 Å². The van der Waals surface area contributed by atoms with E-state index in [1.807, 2.05) is 54.6 Å². The van der Waals surface area contributed by atoms with Crippen molar-refractivity contribution in [3.8, 4) is 11.5 Å². The summed E-state index contributed by atoms with van der Waals surface area (Å²) in [7, 11) is -3.53. The molecule has 0 bridgehead atoms. The smallest absolute Gasteiger partial charge is 0.232 e. The van der Waals surface area contributed by atoms with E-state index in [9.17, 15) is 13.2 Å². The molecule has 7 nitrogen and oxygen atoms in total. The predicted octanol–water partition coefficient (Wildman–Crippen LogP) is 4.75. The third kappa shape index (κ3) is 6.00. The lowest BCUT2D eigenvalue weighted by Gasteiger charge is -2.22. The molecule has 1 N–H and O–H groups in total. The van der Waals surface area contributed by atoms with E-state index < -0.39 is 10.0 Å². The molecule has 3 aromatic carbocycles. The van der Waals surface area contributed by atoms with E-state index in [4.69, 9.17) is 9.47 Å². The Balaban J connectivity index is 1.38. The first-order valence-electron chi connectivity index (χ1n) is 10.4. The maximum Gasteiger partial charge on any atom is 0.232 e. The Labute approximate surface area is 197 Å². The van der Waals surface area contributed by atoms with Crippen LogP contribution in [0.15, 0.2) is 82.6 Å². The largest absolute Gasteiger partial charge is 0.454 e. The molecular weight excluding hydrogens is 460 g/mol. The van der Waals surface area contributed by atoms with Gasteiger partial charge in [0.1, 0.15) is 0 Å². The van der Waals surface area contributed by atoms with Gasteiger partial charge in [0.25, 0.3) is 0 Å². The first kappa shape index (κ1) is 23.0. The Bertz CT molecular complexity index is 1230. The summed E-state index contributed by atoms with van der Waals surface area (Å²) in [6.07, 6.45) is 1.69. The number of carbonyl (C=O) groups is 1. The maximum atomic E-state index is 12.6. The van der Waals surface area contributed by atoms with Crippen LogP contribution in [0.2, 0.25) is 0 Å². The van der Waals surface area contributed by atoms with E-state index in [-0.39, 0.29) is 25.7 Å². The Kier molecular flexibility index (Phi) is 7.10. The Hall–Kier alpha value is -3.17. The Morgan fingerprint density at radius 1 is 1.00 bits per heavy atom. The molecule has 0 unspecified atom stereocenters. The minimum absolute atomic E-state index is 0.113. The molecule has 0 spiro atoms. The molecule has 0 aliphatic carbocycles. The molecule has 0 saturated carbocycles. The van der Waals surface area contributed by atoms with Crippen LogP contribution >= 0.6 is 11.8 Å². The van der Waals surface area contributed by atoms with Gasteiger partial charge in [-0.25, -0.2) is 8.42 Å². The molecule has 172 valence electrons. The highest BCUT2D eigenvalue weighted by Crippen LogP contribution is 2.36. The molecule has 0 aromatic heterocycles. The van der Waals surface area contributed by atoms with Crippen molar-refractivity contribution in [1.29, 1.82) is 0 Å². The molecule has 4 rings (SSSR count). The lowest BCUT2D eigenvalue weighted by molar-refractivity contribution is -0.116. The quantitative estimate of drug-likeness (QED) is 0.472. The van der Waals surface area contributed by atoms with E-state index in [1.165, 1.54) is 4.31 Å². The Morgan fingerprint density at radius 2 is 1.73 bits per heavy atom. The normalized spacial score (nSPS) is 12.4. The van der Waals surface area contributed by atoms with E-state index in [0.29, 0.717) is 23.6 Å². The van der Waals surface area contributed by atoms with Crippen molar-refractivity contribution in [2.45, 2.75) is 22.6 Å². The van der Waals surface area contributed by atoms with Crippen molar-refractivity contribution in [3.63, 3.8) is 0 Å². The van der Waals surface area contributed by atoms with Crippen LogP contribution < -0.4 is 19.1 Å². The molecule has 0 saturated heterocycles. The number of anilines is 2. The van der Waals surface area contributed by atoms with Crippen LogP contribution in [0.3, 0.4) is 0 Å². The zero-order valence-electron chi connectivity index (χ0n) is 18.1. The van der Waals surface area contributed by atoms with E-state index in [2.05, 4.69) is 5.32 Å². The lowest BCUT2D eigenvalue weighted by Crippen LogP contribution is -2.31. The summed E-state index contributed by atoms with van der Waals surface area (Å²) in [6.45, 7) is 0.286. The maximum absolute atomic E-state index is 12.6. The van der Waals surface area contributed by atoms with Gasteiger partial charge in [-0.1, -0.05) is 42.1 Å². The summed E-state index contributed by atoms with van der Waals surface area (Å²) >= 11 is 1.57. The van der Waals surface area contributed by atoms with Gasteiger partial charge in [-0.2, -0.15) is 0 Å². The van der Waals surface area contributed by atoms with Crippen LogP contribution in [0, 0.1) is 0 Å². The summed E-state index contributed by atoms with van der Waals surface area (Å²) in [5.41, 5.74) is 1.21. The van der Waals surface area contributed by atoms with Gasteiger partial charge in [-0.15, -0.1) is 0 Å². The van der Waals surface area contributed by atoms with Crippen LogP contribution in [0.5, 0.6) is 11.5 Å². The second-order valence-electron chi connectivity index (χ2n) is 7.44. The van der Waals surface area contributed by atoms with Gasteiger partial charge in [-0.3, -0.25) is 9.10 Å². The minimum Gasteiger partial charge on any atom is -0.454 e. The molecule has 9 heteroatoms. The predicted molar refractivity (Wildman–Crippen MR) is 130 cm³/mol. The van der Waals surface area contributed by atoms with Crippen molar-refractivity contribution < 1.29 is 22.7 Å². The number of ether oxygens (including phenoxy) is 2. The summed E-state index contributed by atoms with van der Waals surface area (Å²) in [6, 6.07) is 22.5. The fourth-order valence-electron chi connectivity index (χ4n) is 3.40. The third-order valence-corrected chi connectivity index (χ3v) is 7.22. The van der Waals surface area contributed by atoms with Gasteiger partial charge >= 0.3 is 0 Å². The fraction of sp³-hybridized carbons (Fsp3) is 0.208. The number of nitrogens with zero attached hydrogens (tertiary/aromatic N) is 1. The molecule has 0 atom stereocenters. The topological polar surface area (TPSA) is 84.9 Å². The molecule has 0 fully saturated rings. The number of rotatable bonds is 9. The third-order valence-electron chi connectivity index (χ3n) is 4.94. The molecule has 1 amide bonds. The first-order chi connectivity index (χ1) is 15.9. The van der Waals surface area contributed by atoms with Crippen molar-refractivity contribution >= 4 is 39.1 Å². The van der Waals surface area contributed by atoms with Gasteiger partial charge in [-0.05, 0) is 42.8 Å². The van der Waals surface area contributed by atoms with Gasteiger partial charge in [0, 0.05) is 28.8 Å². The van der Waals surface area contributed by atoms with Gasteiger partial charge in [0.2, 0.25) is 22.7 Å². The second-order valence-corrected chi connectivity index (χ2v) is 10.5. The molecule has 0 radical (unpaired) electrons. The van der Waals surface area contributed by atoms with Gasteiger partial charge in [0.15, 0.2) is 11.5 Å². The first-order valence-corrected chi connectivity index (χ1v) is 13.1. The van der Waals surface area contributed by atoms with Crippen LogP contribution in [-0.4, -0.2) is 33.9 Å². The fourth-order valence-corrected chi connectivity index (χ4v) is 5.28. The van der Waals surface area contributed by atoms with Crippen LogP contribution in [-0.2, 0) is 14.8 Å². The number of sulfonamides is 1. The number of amides is 1. The van der Waals surface area contributed by atoms with Crippen LogP contribution in [0.4, 0.5) is 11.4 Å². The van der Waals surface area contributed by atoms with Crippen LogP contribution in [0.25, 0.3) is 0 Å². The van der Waals surface area contributed by atoms with E-state index >= 15 is 0 Å². The number of hydrogen-bond acceptors (Lipinski definition) is 6. The summed E-state index contributed by atoms with van der Waals surface area (Å²) in [5.74, 6) is 0.917. The number of fused-ring (bicyclic) bond motifs is 1. The zero-order valence-corrected chi connectivity index (χ0v) is 19.7. The number of para-hydroxylation sites is 1. The monoisotopic (exact) mass is 484 g/mol. The number of benzene rings is 3. The molecule has 3 aromatic rings. The number of hydrogen-bond donors (Lipinski definition) is 1. The molecular formula is C24H24N2O5S2. The summed E-state index contributed by atoms with van der Waals surface area (Å²) in [4.78, 5) is 14.6. The lowest BCUT2D eigenvalue weighted by atomic mass is 10.2. The van der Waals surface area contributed by atoms with Gasteiger partial charge < -0.3 is 14.8 Å². The SMILES string of the molecule is CS(=O)(=O)N(CCCC(=O)Nc1ccccc1Sc1ccccc1)c1ccc2c(c1)OCO2. The number of nitrogens with one attached hydrogen (secondary N) is 1. The highest BCUT2D eigenvalue weighted by Gasteiger charge is 2.21. The summed E-state index contributed by atoms with van der Waals surface area (Å²) in [5, 5.41) is 2.95. The molecule has 1 aliphatic heterocycles. The molecule has 33 heavy (non-hydrogen) atoms. The summed E-state index contributed by atoms with van der Waals surface area (Å²) < 4.78 is 36.7. The van der Waals surface area contributed by atoms with Crippen molar-refractivity contribution in [2.24, 2.45) is 0 Å². The minimum atomic E-state index is -3.53. The zero-order chi connectivity index (χ0) is 23.3. The van der Waals surface area contributed by atoms with Crippen molar-refractivity contribution in [3.05, 3.63) is 72.8 Å².